The highest BCUT2D eigenvalue weighted by atomic mass is 19.1. The number of rotatable bonds is 2. The number of nitrogens with zero attached hydrogens (tertiary/aromatic N) is 3. The van der Waals surface area contributed by atoms with Crippen molar-refractivity contribution in [2.45, 2.75) is 31.8 Å². The van der Waals surface area contributed by atoms with Gasteiger partial charge in [-0.05, 0) is 49.6 Å². The highest BCUT2D eigenvalue weighted by Crippen LogP contribution is 2.31. The predicted octanol–water partition coefficient (Wildman–Crippen LogP) is 3.50. The van der Waals surface area contributed by atoms with Gasteiger partial charge in [-0.3, -0.25) is 0 Å². The lowest BCUT2D eigenvalue weighted by Crippen LogP contribution is -2.61. The highest BCUT2D eigenvalue weighted by molar-refractivity contribution is 5.84. The van der Waals surface area contributed by atoms with Crippen molar-refractivity contribution in [2.24, 2.45) is 0 Å². The number of pyridine rings is 1. The molecule has 0 spiro atoms. The van der Waals surface area contributed by atoms with Crippen molar-refractivity contribution in [1.29, 1.82) is 0 Å². The van der Waals surface area contributed by atoms with E-state index < -0.39 is 11.4 Å². The topological polar surface area (TPSA) is 62.8 Å². The average Bonchev–Trinajstić information content (AvgIpc) is 3.18. The summed E-state index contributed by atoms with van der Waals surface area (Å²) in [4.78, 5) is 19.5. The summed E-state index contributed by atoms with van der Waals surface area (Å²) in [7, 11) is 0. The van der Waals surface area contributed by atoms with Crippen LogP contribution in [-0.2, 0) is 0 Å². The zero-order valence-corrected chi connectivity index (χ0v) is 16.6. The van der Waals surface area contributed by atoms with Crippen molar-refractivity contribution in [3.8, 4) is 11.3 Å². The average molecular weight is 404 g/mol. The van der Waals surface area contributed by atoms with E-state index in [2.05, 4.69) is 21.3 Å². The van der Waals surface area contributed by atoms with Gasteiger partial charge in [-0.2, -0.15) is 0 Å². The maximum absolute atomic E-state index is 14.2. The number of benzene rings is 1. The van der Waals surface area contributed by atoms with Gasteiger partial charge in [0.2, 0.25) is 0 Å². The van der Waals surface area contributed by atoms with Gasteiger partial charge in [-0.15, -0.1) is 0 Å². The van der Waals surface area contributed by atoms with Crippen LogP contribution in [0, 0.1) is 12.7 Å². The maximum Gasteiger partial charge on any atom is 0.345 e. The number of fused-ring (bicyclic) bond motifs is 5. The molecule has 2 unspecified atom stereocenters. The largest absolute Gasteiger partial charge is 0.422 e. The van der Waals surface area contributed by atoms with Gasteiger partial charge in [0, 0.05) is 54.7 Å². The van der Waals surface area contributed by atoms with Crippen molar-refractivity contribution in [3.63, 3.8) is 0 Å². The van der Waals surface area contributed by atoms with Gasteiger partial charge in [0.05, 0.1) is 11.3 Å². The van der Waals surface area contributed by atoms with Crippen LogP contribution in [0.5, 0.6) is 0 Å². The summed E-state index contributed by atoms with van der Waals surface area (Å²) in [5.74, 6) is -0.415. The Labute approximate surface area is 171 Å². The van der Waals surface area contributed by atoms with Gasteiger partial charge in [-0.25, -0.2) is 14.2 Å². The van der Waals surface area contributed by atoms with Crippen LogP contribution in [0.3, 0.4) is 0 Å². The smallest absolute Gasteiger partial charge is 0.345 e. The monoisotopic (exact) mass is 404 g/mol. The van der Waals surface area contributed by atoms with Crippen LogP contribution in [0.15, 0.2) is 51.9 Å². The minimum Gasteiger partial charge on any atom is -0.422 e. The number of hydrogen-bond donors (Lipinski definition) is 1. The van der Waals surface area contributed by atoms with Crippen LogP contribution in [0.4, 0.5) is 10.1 Å². The molecule has 3 saturated heterocycles. The van der Waals surface area contributed by atoms with E-state index in [0.29, 0.717) is 28.9 Å². The zero-order chi connectivity index (χ0) is 20.4. The molecule has 2 atom stereocenters. The predicted molar refractivity (Wildman–Crippen MR) is 114 cm³/mol. The van der Waals surface area contributed by atoms with Gasteiger partial charge in [0.1, 0.15) is 5.58 Å². The summed E-state index contributed by atoms with van der Waals surface area (Å²) in [6.07, 6.45) is 5.84. The third-order valence-corrected chi connectivity index (χ3v) is 6.32. The molecule has 3 aliphatic heterocycles. The molecular formula is C23H21FN4O2. The van der Waals surface area contributed by atoms with Crippen molar-refractivity contribution in [1.82, 2.24) is 14.7 Å². The Morgan fingerprint density at radius 2 is 2.10 bits per heavy atom. The molecule has 4 aromatic rings. The zero-order valence-electron chi connectivity index (χ0n) is 16.6. The summed E-state index contributed by atoms with van der Waals surface area (Å²) in [5, 5.41) is 4.38. The number of anilines is 1. The van der Waals surface area contributed by atoms with Crippen LogP contribution >= 0.6 is 0 Å². The molecule has 7 rings (SSSR count). The van der Waals surface area contributed by atoms with Gasteiger partial charge in [0.15, 0.2) is 11.5 Å². The third kappa shape index (κ3) is 2.73. The number of aromatic nitrogens is 2. The van der Waals surface area contributed by atoms with E-state index >= 15 is 0 Å². The SMILES string of the molecule is Cc1cc(F)c2nc(-c3cc4ccc(N5CC6CCC5CN6)cc4oc3=O)cn2c1. The number of halogens is 1. The second-order valence-electron chi connectivity index (χ2n) is 8.38. The first-order valence-corrected chi connectivity index (χ1v) is 10.3. The van der Waals surface area contributed by atoms with Crippen LogP contribution in [0.25, 0.3) is 27.9 Å². The van der Waals surface area contributed by atoms with E-state index in [-0.39, 0.29) is 5.65 Å². The number of nitrogens with one attached hydrogen (secondary N) is 1. The van der Waals surface area contributed by atoms with Crippen molar-refractivity contribution < 1.29 is 8.81 Å². The number of piperazine rings is 1. The molecule has 7 heteroatoms. The lowest BCUT2D eigenvalue weighted by atomic mass is 9.92. The number of piperidine rings is 2. The molecule has 0 saturated carbocycles. The van der Waals surface area contributed by atoms with Gasteiger partial charge >= 0.3 is 5.63 Å². The highest BCUT2D eigenvalue weighted by Gasteiger charge is 2.33. The van der Waals surface area contributed by atoms with E-state index in [0.717, 1.165) is 29.7 Å². The van der Waals surface area contributed by atoms with Crippen LogP contribution < -0.4 is 15.8 Å². The maximum atomic E-state index is 14.2. The lowest BCUT2D eigenvalue weighted by molar-refractivity contribution is 0.290. The minimum absolute atomic E-state index is 0.194. The summed E-state index contributed by atoms with van der Waals surface area (Å²) in [5.41, 5.74) is 2.88. The fourth-order valence-corrected chi connectivity index (χ4v) is 4.80. The van der Waals surface area contributed by atoms with E-state index in [9.17, 15) is 9.18 Å². The van der Waals surface area contributed by atoms with E-state index in [4.69, 9.17) is 4.42 Å². The van der Waals surface area contributed by atoms with Crippen LogP contribution in [0.2, 0.25) is 0 Å². The molecule has 6 nitrogen and oxygen atoms in total. The van der Waals surface area contributed by atoms with Gasteiger partial charge in [0.25, 0.3) is 0 Å². The lowest BCUT2D eigenvalue weighted by Gasteiger charge is -2.47. The first kappa shape index (κ1) is 17.7. The summed E-state index contributed by atoms with van der Waals surface area (Å²) in [6.45, 7) is 3.79. The van der Waals surface area contributed by atoms with Crippen molar-refractivity contribution in [3.05, 3.63) is 64.5 Å². The van der Waals surface area contributed by atoms with Crippen molar-refractivity contribution in [2.75, 3.05) is 18.0 Å². The summed E-state index contributed by atoms with van der Waals surface area (Å²) >= 11 is 0. The number of aryl methyl sites for hydroxylation is 1. The first-order chi connectivity index (χ1) is 14.5. The second kappa shape index (κ2) is 6.40. The van der Waals surface area contributed by atoms with E-state index in [1.165, 1.54) is 18.9 Å². The van der Waals surface area contributed by atoms with Crippen LogP contribution in [0.1, 0.15) is 18.4 Å². The Bertz CT molecular complexity index is 1350. The molecule has 3 aliphatic rings. The standard InChI is InChI=1S/C23H21FN4O2/c1-13-6-19(24)22-26-20(12-27(22)10-13)18-7-14-2-4-16(8-21(14)30-23(18)29)28-11-15-3-5-17(28)9-25-15/h2,4,6-8,10,12,15,17,25H,3,5,9,11H2,1H3. The van der Waals surface area contributed by atoms with Gasteiger partial charge < -0.3 is 19.0 Å². The quantitative estimate of drug-likeness (QED) is 0.518. The molecule has 1 aromatic carbocycles. The molecule has 3 fully saturated rings. The Morgan fingerprint density at radius 1 is 1.20 bits per heavy atom. The Morgan fingerprint density at radius 3 is 2.87 bits per heavy atom. The molecule has 30 heavy (non-hydrogen) atoms. The Kier molecular flexibility index (Phi) is 3.77. The summed E-state index contributed by atoms with van der Waals surface area (Å²) < 4.78 is 21.5. The molecule has 0 aliphatic carbocycles. The molecule has 152 valence electrons. The Balaban J connectivity index is 1.42. The molecular weight excluding hydrogens is 383 g/mol. The molecule has 2 bridgehead atoms. The fraction of sp³-hybridized carbons (Fsp3) is 0.304. The normalized spacial score (nSPS) is 21.1. The Hall–Kier alpha value is -3.19. The van der Waals surface area contributed by atoms with Gasteiger partial charge in [-0.1, -0.05) is 0 Å². The third-order valence-electron chi connectivity index (χ3n) is 6.32. The first-order valence-electron chi connectivity index (χ1n) is 10.3. The second-order valence-corrected chi connectivity index (χ2v) is 8.38. The molecule has 0 radical (unpaired) electrons. The fourth-order valence-electron chi connectivity index (χ4n) is 4.80. The number of hydrogen-bond acceptors (Lipinski definition) is 5. The molecule has 0 amide bonds. The van der Waals surface area contributed by atoms with E-state index in [1.54, 1.807) is 22.9 Å². The minimum atomic E-state index is -0.470. The van der Waals surface area contributed by atoms with E-state index in [1.807, 2.05) is 19.1 Å². The summed E-state index contributed by atoms with van der Waals surface area (Å²) in [6, 6.07) is 10.2. The van der Waals surface area contributed by atoms with Crippen molar-refractivity contribution >= 4 is 22.3 Å². The molecule has 3 aromatic heterocycles. The number of imidazole rings is 1. The molecule has 1 N–H and O–H groups in total. The molecule has 6 heterocycles. The van der Waals surface area contributed by atoms with Crippen LogP contribution in [-0.4, -0.2) is 34.6 Å².